The van der Waals surface area contributed by atoms with Crippen molar-refractivity contribution in [3.8, 4) is 0 Å². The Labute approximate surface area is 109 Å². The molecule has 1 N–H and O–H groups in total. The summed E-state index contributed by atoms with van der Waals surface area (Å²) in [7, 11) is 0. The molecule has 1 heterocycles. The monoisotopic (exact) mass is 250 g/mol. The smallest absolute Gasteiger partial charge is 0.141 e. The van der Waals surface area contributed by atoms with Gasteiger partial charge < -0.3 is 5.32 Å². The van der Waals surface area contributed by atoms with Crippen LogP contribution in [0.3, 0.4) is 0 Å². The first-order chi connectivity index (χ1) is 8.46. The fourth-order valence-corrected chi connectivity index (χ4v) is 2.79. The van der Waals surface area contributed by atoms with E-state index in [1.807, 2.05) is 6.20 Å². The van der Waals surface area contributed by atoms with E-state index in [9.17, 15) is 4.39 Å². The minimum Gasteiger partial charge on any atom is -0.312 e. The molecule has 1 fully saturated rings. The van der Waals surface area contributed by atoms with E-state index in [0.717, 1.165) is 18.5 Å². The second-order valence-electron chi connectivity index (χ2n) is 6.36. The third kappa shape index (κ3) is 3.52. The molecule has 1 aromatic rings. The zero-order valence-corrected chi connectivity index (χ0v) is 11.5. The number of pyridine rings is 1. The van der Waals surface area contributed by atoms with E-state index in [4.69, 9.17) is 0 Å². The summed E-state index contributed by atoms with van der Waals surface area (Å²) in [6, 6.07) is 1.65. The third-order valence-corrected chi connectivity index (χ3v) is 3.71. The molecule has 1 aliphatic carbocycles. The van der Waals surface area contributed by atoms with Gasteiger partial charge in [0.2, 0.25) is 0 Å². The maximum absolute atomic E-state index is 13.2. The molecule has 2 atom stereocenters. The largest absolute Gasteiger partial charge is 0.312 e. The van der Waals surface area contributed by atoms with Gasteiger partial charge >= 0.3 is 0 Å². The van der Waals surface area contributed by atoms with Crippen LogP contribution in [0.5, 0.6) is 0 Å². The van der Waals surface area contributed by atoms with Gasteiger partial charge in [-0.15, -0.1) is 0 Å². The van der Waals surface area contributed by atoms with E-state index in [0.29, 0.717) is 11.8 Å². The Morgan fingerprint density at radius 3 is 2.78 bits per heavy atom. The standard InChI is InChI=1S/C15H23FN2/c1-15(2,3)18-9-11-5-4-6-14(11)12-7-13(16)10-17-8-12/h7-8,10-11,14,18H,4-6,9H2,1-3H3. The number of nitrogens with one attached hydrogen (secondary N) is 1. The predicted molar refractivity (Wildman–Crippen MR) is 72.0 cm³/mol. The number of nitrogens with zero attached hydrogens (tertiary/aromatic N) is 1. The van der Waals surface area contributed by atoms with Crippen molar-refractivity contribution in [1.82, 2.24) is 10.3 Å². The van der Waals surface area contributed by atoms with Crippen molar-refractivity contribution in [2.24, 2.45) is 5.92 Å². The maximum atomic E-state index is 13.2. The summed E-state index contributed by atoms with van der Waals surface area (Å²) in [5.41, 5.74) is 1.21. The highest BCUT2D eigenvalue weighted by molar-refractivity contribution is 5.18. The fourth-order valence-electron chi connectivity index (χ4n) is 2.79. The normalized spacial score (nSPS) is 24.4. The Morgan fingerprint density at radius 2 is 2.11 bits per heavy atom. The molecule has 0 aliphatic heterocycles. The molecule has 0 aromatic carbocycles. The first kappa shape index (κ1) is 13.5. The lowest BCUT2D eigenvalue weighted by Gasteiger charge is -2.26. The van der Waals surface area contributed by atoms with Gasteiger partial charge in [-0.05, 0) is 63.6 Å². The van der Waals surface area contributed by atoms with Crippen LogP contribution < -0.4 is 5.32 Å². The number of hydrogen-bond donors (Lipinski definition) is 1. The minimum absolute atomic E-state index is 0.146. The molecule has 0 spiro atoms. The van der Waals surface area contributed by atoms with Crippen LogP contribution >= 0.6 is 0 Å². The number of halogens is 1. The van der Waals surface area contributed by atoms with Gasteiger partial charge in [-0.2, -0.15) is 0 Å². The molecule has 1 aliphatic rings. The summed E-state index contributed by atoms with van der Waals surface area (Å²) in [5.74, 6) is 0.845. The van der Waals surface area contributed by atoms with E-state index in [1.54, 1.807) is 6.07 Å². The van der Waals surface area contributed by atoms with Crippen LogP contribution in [0.1, 0.15) is 51.5 Å². The molecule has 100 valence electrons. The Hall–Kier alpha value is -0.960. The molecule has 0 amide bonds. The van der Waals surface area contributed by atoms with Crippen molar-refractivity contribution in [2.75, 3.05) is 6.54 Å². The number of hydrogen-bond acceptors (Lipinski definition) is 2. The van der Waals surface area contributed by atoms with Crippen LogP contribution in [-0.2, 0) is 0 Å². The van der Waals surface area contributed by atoms with Crippen molar-refractivity contribution in [3.05, 3.63) is 29.8 Å². The van der Waals surface area contributed by atoms with Crippen molar-refractivity contribution in [3.63, 3.8) is 0 Å². The van der Waals surface area contributed by atoms with Crippen LogP contribution in [0.15, 0.2) is 18.5 Å². The predicted octanol–water partition coefficient (Wildman–Crippen LogP) is 3.49. The summed E-state index contributed by atoms with van der Waals surface area (Å²) in [4.78, 5) is 3.98. The third-order valence-electron chi connectivity index (χ3n) is 3.71. The van der Waals surface area contributed by atoms with Crippen LogP contribution in [0.4, 0.5) is 4.39 Å². The zero-order valence-electron chi connectivity index (χ0n) is 11.5. The number of rotatable bonds is 3. The van der Waals surface area contributed by atoms with Crippen molar-refractivity contribution in [2.45, 2.75) is 51.5 Å². The highest BCUT2D eigenvalue weighted by Crippen LogP contribution is 2.39. The summed E-state index contributed by atoms with van der Waals surface area (Å²) in [5, 5.41) is 3.56. The maximum Gasteiger partial charge on any atom is 0.141 e. The topological polar surface area (TPSA) is 24.9 Å². The van der Waals surface area contributed by atoms with Crippen molar-refractivity contribution >= 4 is 0 Å². The second-order valence-corrected chi connectivity index (χ2v) is 6.36. The van der Waals surface area contributed by atoms with E-state index in [1.165, 1.54) is 19.0 Å². The van der Waals surface area contributed by atoms with Gasteiger partial charge in [0.25, 0.3) is 0 Å². The molecule has 2 nitrogen and oxygen atoms in total. The van der Waals surface area contributed by atoms with Crippen LogP contribution in [0.25, 0.3) is 0 Å². The van der Waals surface area contributed by atoms with Gasteiger partial charge in [-0.1, -0.05) is 6.42 Å². The van der Waals surface area contributed by atoms with Crippen molar-refractivity contribution < 1.29 is 4.39 Å². The molecule has 2 unspecified atom stereocenters. The lowest BCUT2D eigenvalue weighted by atomic mass is 9.89. The van der Waals surface area contributed by atoms with Crippen molar-refractivity contribution in [1.29, 1.82) is 0 Å². The first-order valence-corrected chi connectivity index (χ1v) is 6.81. The number of aromatic nitrogens is 1. The quantitative estimate of drug-likeness (QED) is 0.888. The van der Waals surface area contributed by atoms with E-state index in [-0.39, 0.29) is 11.4 Å². The van der Waals surface area contributed by atoms with Gasteiger partial charge in [-0.25, -0.2) is 4.39 Å². The molecule has 1 aromatic heterocycles. The van der Waals surface area contributed by atoms with Gasteiger partial charge in [0.1, 0.15) is 5.82 Å². The molecule has 1 saturated carbocycles. The molecular formula is C15H23FN2. The summed E-state index contributed by atoms with van der Waals surface area (Å²) < 4.78 is 13.2. The molecular weight excluding hydrogens is 227 g/mol. The zero-order chi connectivity index (χ0) is 13.2. The molecule has 3 heteroatoms. The molecule has 0 bridgehead atoms. The lowest BCUT2D eigenvalue weighted by Crippen LogP contribution is -2.39. The Balaban J connectivity index is 2.03. The second kappa shape index (κ2) is 5.35. The molecule has 2 rings (SSSR count). The van der Waals surface area contributed by atoms with E-state index >= 15 is 0 Å². The summed E-state index contributed by atoms with van der Waals surface area (Å²) in [6.45, 7) is 7.55. The van der Waals surface area contributed by atoms with Gasteiger partial charge in [-0.3, -0.25) is 4.98 Å². The molecule has 0 saturated heterocycles. The average molecular weight is 250 g/mol. The minimum atomic E-state index is -0.220. The van der Waals surface area contributed by atoms with E-state index < -0.39 is 0 Å². The first-order valence-electron chi connectivity index (χ1n) is 6.81. The van der Waals surface area contributed by atoms with Crippen LogP contribution in [0.2, 0.25) is 0 Å². The average Bonchev–Trinajstić information content (AvgIpc) is 2.73. The Morgan fingerprint density at radius 1 is 1.33 bits per heavy atom. The van der Waals surface area contributed by atoms with Gasteiger partial charge in [0, 0.05) is 11.7 Å². The van der Waals surface area contributed by atoms with E-state index in [2.05, 4.69) is 31.1 Å². The molecule has 0 radical (unpaired) electrons. The van der Waals surface area contributed by atoms with Crippen LogP contribution in [0, 0.1) is 11.7 Å². The van der Waals surface area contributed by atoms with Gasteiger partial charge in [0.05, 0.1) is 6.20 Å². The van der Waals surface area contributed by atoms with Crippen LogP contribution in [-0.4, -0.2) is 17.1 Å². The summed E-state index contributed by atoms with van der Waals surface area (Å²) in [6.07, 6.45) is 6.72. The Bertz CT molecular complexity index is 398. The fraction of sp³-hybridized carbons (Fsp3) is 0.667. The lowest BCUT2D eigenvalue weighted by molar-refractivity contribution is 0.356. The van der Waals surface area contributed by atoms with Gasteiger partial charge in [0.15, 0.2) is 0 Å². The summed E-state index contributed by atoms with van der Waals surface area (Å²) >= 11 is 0. The highest BCUT2D eigenvalue weighted by atomic mass is 19.1. The molecule has 18 heavy (non-hydrogen) atoms. The Kier molecular flexibility index (Phi) is 4.00. The highest BCUT2D eigenvalue weighted by Gasteiger charge is 2.29. The SMILES string of the molecule is CC(C)(C)NCC1CCCC1c1cncc(F)c1.